The van der Waals surface area contributed by atoms with Crippen LogP contribution in [0, 0.1) is 5.39 Å². The van der Waals surface area contributed by atoms with Crippen LogP contribution in [-0.4, -0.2) is 5.11 Å². The van der Waals surface area contributed by atoms with Crippen molar-refractivity contribution in [2.75, 3.05) is 5.32 Å². The summed E-state index contributed by atoms with van der Waals surface area (Å²) >= 11 is 0. The van der Waals surface area contributed by atoms with Crippen molar-refractivity contribution in [3.8, 4) is 0 Å². The van der Waals surface area contributed by atoms with Crippen LogP contribution in [-0.2, 0) is 6.61 Å². The molecule has 2 aromatic rings. The van der Waals surface area contributed by atoms with Crippen molar-refractivity contribution < 1.29 is 5.11 Å². The Hall–Kier alpha value is -2.38. The van der Waals surface area contributed by atoms with E-state index in [9.17, 15) is 0 Å². The third-order valence-corrected chi connectivity index (χ3v) is 2.41. The minimum Gasteiger partial charge on any atom is -0.392 e. The van der Waals surface area contributed by atoms with Gasteiger partial charge in [0.1, 0.15) is 0 Å². The molecule has 0 unspecified atom stereocenters. The standard InChI is InChI=1S/C13H12N3O/c14-16-13-7-5-12(6-8-13)15-11-3-1-10(9-17)2-4-11/h1-8,15,17H,9H2/q+1. The first-order valence-corrected chi connectivity index (χ1v) is 5.24. The Morgan fingerprint density at radius 3 is 1.94 bits per heavy atom. The van der Waals surface area contributed by atoms with Gasteiger partial charge in [0.25, 0.3) is 0 Å². The Morgan fingerprint density at radius 2 is 1.47 bits per heavy atom. The summed E-state index contributed by atoms with van der Waals surface area (Å²) in [5, 5.41) is 20.7. The van der Waals surface area contributed by atoms with Gasteiger partial charge in [-0.15, -0.1) is 0 Å². The molecule has 2 aromatic carbocycles. The van der Waals surface area contributed by atoms with Gasteiger partial charge in [-0.3, -0.25) is 0 Å². The molecule has 0 aromatic heterocycles. The fourth-order valence-corrected chi connectivity index (χ4v) is 1.47. The number of rotatable bonds is 3. The molecule has 0 aliphatic heterocycles. The number of anilines is 2. The highest BCUT2D eigenvalue weighted by Gasteiger charge is 2.02. The Bertz CT molecular complexity index is 526. The summed E-state index contributed by atoms with van der Waals surface area (Å²) in [6.07, 6.45) is 0. The van der Waals surface area contributed by atoms with Crippen LogP contribution in [0.2, 0.25) is 0 Å². The maximum Gasteiger partial charge on any atom is 0.385 e. The summed E-state index contributed by atoms with van der Waals surface area (Å²) < 4.78 is 0. The molecular formula is C13H12N3O+. The zero-order valence-electron chi connectivity index (χ0n) is 9.17. The Labute approximate surface area is 99.2 Å². The second-order valence-corrected chi connectivity index (χ2v) is 3.63. The highest BCUT2D eigenvalue weighted by Crippen LogP contribution is 2.20. The van der Waals surface area contributed by atoms with E-state index < -0.39 is 0 Å². The molecule has 4 heteroatoms. The topological polar surface area (TPSA) is 60.4 Å². The second kappa shape index (κ2) is 5.10. The van der Waals surface area contributed by atoms with Gasteiger partial charge >= 0.3 is 5.69 Å². The first-order chi connectivity index (χ1) is 8.31. The first kappa shape index (κ1) is 11.1. The van der Waals surface area contributed by atoms with Gasteiger partial charge in [-0.2, -0.15) is 0 Å². The largest absolute Gasteiger partial charge is 0.392 e. The van der Waals surface area contributed by atoms with Crippen molar-refractivity contribution in [2.45, 2.75) is 6.61 Å². The normalized spacial score (nSPS) is 9.65. The van der Waals surface area contributed by atoms with Crippen molar-refractivity contribution in [1.29, 1.82) is 5.39 Å². The summed E-state index contributed by atoms with van der Waals surface area (Å²) in [4.78, 5) is 3.09. The van der Waals surface area contributed by atoms with Gasteiger partial charge in [0, 0.05) is 23.5 Å². The van der Waals surface area contributed by atoms with Gasteiger partial charge in [0.05, 0.1) is 6.61 Å². The van der Waals surface area contributed by atoms with Gasteiger partial charge < -0.3 is 10.4 Å². The zero-order chi connectivity index (χ0) is 12.1. The number of hydrogen-bond acceptors (Lipinski definition) is 3. The van der Waals surface area contributed by atoms with Crippen molar-refractivity contribution >= 4 is 17.1 Å². The first-order valence-electron chi connectivity index (χ1n) is 5.24. The summed E-state index contributed by atoms with van der Waals surface area (Å²) in [5.74, 6) is 0. The quantitative estimate of drug-likeness (QED) is 0.788. The van der Waals surface area contributed by atoms with E-state index in [2.05, 4.69) is 10.3 Å². The minimum absolute atomic E-state index is 0.0486. The van der Waals surface area contributed by atoms with E-state index in [1.54, 1.807) is 12.1 Å². The van der Waals surface area contributed by atoms with E-state index >= 15 is 0 Å². The highest BCUT2D eigenvalue weighted by atomic mass is 16.3. The fraction of sp³-hybridized carbons (Fsp3) is 0.0769. The summed E-state index contributed by atoms with van der Waals surface area (Å²) in [7, 11) is 0. The van der Waals surface area contributed by atoms with Gasteiger partial charge in [-0.1, -0.05) is 12.1 Å². The van der Waals surface area contributed by atoms with E-state index in [0.29, 0.717) is 5.69 Å². The van der Waals surface area contributed by atoms with Crippen molar-refractivity contribution in [3.63, 3.8) is 0 Å². The Morgan fingerprint density at radius 1 is 0.941 bits per heavy atom. The molecule has 0 amide bonds. The maximum atomic E-state index is 8.92. The molecule has 0 aliphatic rings. The van der Waals surface area contributed by atoms with Gasteiger partial charge in [0.2, 0.25) is 5.39 Å². The zero-order valence-corrected chi connectivity index (χ0v) is 9.17. The lowest BCUT2D eigenvalue weighted by molar-refractivity contribution is 0.282. The number of nitrogens with zero attached hydrogens (tertiary/aromatic N) is 2. The third kappa shape index (κ3) is 2.80. The number of aliphatic hydroxyl groups is 1. The Kier molecular flexibility index (Phi) is 3.34. The summed E-state index contributed by atoms with van der Waals surface area (Å²) in [6, 6.07) is 14.6. The van der Waals surface area contributed by atoms with Gasteiger partial charge in [-0.05, 0) is 29.8 Å². The molecule has 0 spiro atoms. The lowest BCUT2D eigenvalue weighted by Crippen LogP contribution is -1.90. The lowest BCUT2D eigenvalue weighted by atomic mass is 10.2. The smallest absolute Gasteiger partial charge is 0.385 e. The molecule has 17 heavy (non-hydrogen) atoms. The molecule has 0 fully saturated rings. The van der Waals surface area contributed by atoms with Crippen molar-refractivity contribution in [3.05, 3.63) is 59.1 Å². The molecule has 0 radical (unpaired) electrons. The SMILES string of the molecule is N#[N+]c1ccc(Nc2ccc(CO)cc2)cc1. The predicted octanol–water partition coefficient (Wildman–Crippen LogP) is 3.41. The molecule has 84 valence electrons. The van der Waals surface area contributed by atoms with Crippen LogP contribution < -0.4 is 5.32 Å². The highest BCUT2D eigenvalue weighted by molar-refractivity contribution is 5.62. The molecule has 0 saturated carbocycles. The average Bonchev–Trinajstić information content (AvgIpc) is 2.40. The monoisotopic (exact) mass is 226 g/mol. The number of nitrogens with one attached hydrogen (secondary N) is 1. The molecule has 0 bridgehead atoms. The minimum atomic E-state index is 0.0486. The van der Waals surface area contributed by atoms with Crippen LogP contribution in [0.4, 0.5) is 17.1 Å². The van der Waals surface area contributed by atoms with Crippen molar-refractivity contribution in [2.24, 2.45) is 0 Å². The van der Waals surface area contributed by atoms with E-state index in [1.165, 1.54) is 0 Å². The molecule has 4 nitrogen and oxygen atoms in total. The van der Waals surface area contributed by atoms with E-state index in [0.717, 1.165) is 16.9 Å². The van der Waals surface area contributed by atoms with Crippen LogP contribution in [0.15, 0.2) is 48.5 Å². The molecule has 0 heterocycles. The lowest BCUT2D eigenvalue weighted by Gasteiger charge is -2.05. The fourth-order valence-electron chi connectivity index (χ4n) is 1.47. The predicted molar refractivity (Wildman–Crippen MR) is 66.8 cm³/mol. The third-order valence-electron chi connectivity index (χ3n) is 2.41. The summed E-state index contributed by atoms with van der Waals surface area (Å²) in [6.45, 7) is 0.0486. The van der Waals surface area contributed by atoms with Crippen molar-refractivity contribution in [1.82, 2.24) is 0 Å². The molecule has 0 aliphatic carbocycles. The van der Waals surface area contributed by atoms with Crippen LogP contribution in [0.25, 0.3) is 4.98 Å². The number of aliphatic hydroxyl groups excluding tert-OH is 1. The second-order valence-electron chi connectivity index (χ2n) is 3.63. The van der Waals surface area contributed by atoms with Crippen LogP contribution in [0.5, 0.6) is 0 Å². The van der Waals surface area contributed by atoms with Crippen LogP contribution >= 0.6 is 0 Å². The molecule has 0 saturated heterocycles. The average molecular weight is 226 g/mol. The number of diazo groups is 1. The molecular weight excluding hydrogens is 214 g/mol. The van der Waals surface area contributed by atoms with E-state index in [-0.39, 0.29) is 6.61 Å². The van der Waals surface area contributed by atoms with E-state index in [1.807, 2.05) is 36.4 Å². The van der Waals surface area contributed by atoms with Gasteiger partial charge in [0.15, 0.2) is 4.98 Å². The molecule has 2 rings (SSSR count). The number of hydrogen-bond donors (Lipinski definition) is 2. The summed E-state index contributed by atoms with van der Waals surface area (Å²) in [5.41, 5.74) is 3.25. The molecule has 0 atom stereocenters. The maximum absolute atomic E-state index is 8.92. The Balaban J connectivity index is 2.11. The van der Waals surface area contributed by atoms with Crippen LogP contribution in [0.3, 0.4) is 0 Å². The molecule has 2 N–H and O–H groups in total. The van der Waals surface area contributed by atoms with Gasteiger partial charge in [-0.25, -0.2) is 0 Å². The number of benzene rings is 2. The van der Waals surface area contributed by atoms with Crippen LogP contribution in [0.1, 0.15) is 5.56 Å². The van der Waals surface area contributed by atoms with E-state index in [4.69, 9.17) is 10.5 Å².